The molecule has 2 heterocycles. The molecule has 1 aliphatic rings. The molecule has 0 spiro atoms. The molecule has 22 heavy (non-hydrogen) atoms. The number of rotatable bonds is 4. The summed E-state index contributed by atoms with van der Waals surface area (Å²) in [6.07, 6.45) is 2.25. The van der Waals surface area contributed by atoms with Gasteiger partial charge in [0.2, 0.25) is 5.89 Å². The predicted octanol–water partition coefficient (Wildman–Crippen LogP) is 3.94. The molecule has 0 radical (unpaired) electrons. The summed E-state index contributed by atoms with van der Waals surface area (Å²) >= 11 is 1.60. The van der Waals surface area contributed by atoms with Crippen LogP contribution in [0.2, 0.25) is 0 Å². The minimum atomic E-state index is 0.236. The second kappa shape index (κ2) is 6.10. The van der Waals surface area contributed by atoms with Crippen LogP contribution in [0.4, 0.5) is 0 Å². The number of hydrogen-bond acceptors (Lipinski definition) is 5. The number of fused-ring (bicyclic) bond motifs is 1. The Morgan fingerprint density at radius 1 is 1.14 bits per heavy atom. The number of benzene rings is 2. The highest BCUT2D eigenvalue weighted by atomic mass is 32.2. The van der Waals surface area contributed by atoms with Gasteiger partial charge in [0.1, 0.15) is 0 Å². The SMILES string of the molecule is c1ccc2c(CSc3nnc([C@@H]4CCCN4)o3)cccc2c1. The molecule has 0 unspecified atom stereocenters. The summed E-state index contributed by atoms with van der Waals surface area (Å²) in [5.41, 5.74) is 1.29. The van der Waals surface area contributed by atoms with Gasteiger partial charge in [0.05, 0.1) is 6.04 Å². The van der Waals surface area contributed by atoms with Crippen molar-refractivity contribution in [1.82, 2.24) is 15.5 Å². The maximum absolute atomic E-state index is 5.78. The Kier molecular flexibility index (Phi) is 3.83. The molecule has 1 aromatic heterocycles. The topological polar surface area (TPSA) is 51.0 Å². The van der Waals surface area contributed by atoms with Crippen LogP contribution in [0, 0.1) is 0 Å². The van der Waals surface area contributed by atoms with Crippen LogP contribution in [0.3, 0.4) is 0 Å². The predicted molar refractivity (Wildman–Crippen MR) is 87.8 cm³/mol. The standard InChI is InChI=1S/C17H17N3OS/c1-2-8-14-12(5-1)6-3-7-13(14)11-22-17-20-19-16(21-17)15-9-4-10-18-15/h1-3,5-8,15,18H,4,9-11H2/t15-/m0/s1. The zero-order valence-electron chi connectivity index (χ0n) is 12.2. The van der Waals surface area contributed by atoms with Crippen LogP contribution < -0.4 is 5.32 Å². The van der Waals surface area contributed by atoms with E-state index in [2.05, 4.69) is 58.0 Å². The first-order chi connectivity index (χ1) is 10.9. The van der Waals surface area contributed by atoms with E-state index in [4.69, 9.17) is 4.42 Å². The maximum atomic E-state index is 5.78. The van der Waals surface area contributed by atoms with Crippen molar-refractivity contribution in [3.8, 4) is 0 Å². The summed E-state index contributed by atoms with van der Waals surface area (Å²) in [7, 11) is 0. The van der Waals surface area contributed by atoms with E-state index in [0.29, 0.717) is 5.22 Å². The summed E-state index contributed by atoms with van der Waals surface area (Å²) in [6, 6.07) is 15.1. The molecule has 112 valence electrons. The van der Waals surface area contributed by atoms with E-state index in [0.717, 1.165) is 24.6 Å². The van der Waals surface area contributed by atoms with E-state index in [1.54, 1.807) is 11.8 Å². The monoisotopic (exact) mass is 311 g/mol. The quantitative estimate of drug-likeness (QED) is 0.740. The lowest BCUT2D eigenvalue weighted by molar-refractivity contribution is 0.374. The molecule has 4 rings (SSSR count). The Hall–Kier alpha value is -1.85. The molecule has 1 aliphatic heterocycles. The molecule has 0 saturated carbocycles. The third-order valence-electron chi connectivity index (χ3n) is 4.01. The van der Waals surface area contributed by atoms with E-state index in [-0.39, 0.29) is 6.04 Å². The first-order valence-electron chi connectivity index (χ1n) is 7.56. The fourth-order valence-corrected chi connectivity index (χ4v) is 3.65. The Labute approximate surface area is 133 Å². The van der Waals surface area contributed by atoms with Gasteiger partial charge < -0.3 is 9.73 Å². The second-order valence-corrected chi connectivity index (χ2v) is 6.41. The van der Waals surface area contributed by atoms with Gasteiger partial charge in [0.25, 0.3) is 5.22 Å². The molecule has 4 nitrogen and oxygen atoms in total. The van der Waals surface area contributed by atoms with Crippen LogP contribution in [0.5, 0.6) is 0 Å². The summed E-state index contributed by atoms with van der Waals surface area (Å²) in [5.74, 6) is 1.55. The summed E-state index contributed by atoms with van der Waals surface area (Å²) in [4.78, 5) is 0. The van der Waals surface area contributed by atoms with Gasteiger partial charge in [0.15, 0.2) is 0 Å². The third kappa shape index (κ3) is 2.74. The van der Waals surface area contributed by atoms with Crippen LogP contribution in [-0.4, -0.2) is 16.7 Å². The molecular weight excluding hydrogens is 294 g/mol. The Morgan fingerprint density at radius 2 is 2.05 bits per heavy atom. The van der Waals surface area contributed by atoms with Crippen LogP contribution in [-0.2, 0) is 5.75 Å². The molecule has 1 atom stereocenters. The summed E-state index contributed by atoms with van der Waals surface area (Å²) < 4.78 is 5.78. The van der Waals surface area contributed by atoms with Crippen LogP contribution in [0.15, 0.2) is 52.1 Å². The minimum Gasteiger partial charge on any atom is -0.414 e. The fraction of sp³-hybridized carbons (Fsp3) is 0.294. The number of hydrogen-bond donors (Lipinski definition) is 1. The van der Waals surface area contributed by atoms with Crippen molar-refractivity contribution < 1.29 is 4.42 Å². The fourth-order valence-electron chi connectivity index (χ4n) is 2.87. The number of nitrogens with zero attached hydrogens (tertiary/aromatic N) is 2. The highest BCUT2D eigenvalue weighted by Crippen LogP contribution is 2.29. The van der Waals surface area contributed by atoms with Gasteiger partial charge in [0, 0.05) is 5.75 Å². The Morgan fingerprint density at radius 3 is 2.95 bits per heavy atom. The molecule has 0 aliphatic carbocycles. The van der Waals surface area contributed by atoms with Gasteiger partial charge in [-0.1, -0.05) is 54.2 Å². The lowest BCUT2D eigenvalue weighted by Crippen LogP contribution is -2.12. The zero-order chi connectivity index (χ0) is 14.8. The lowest BCUT2D eigenvalue weighted by Gasteiger charge is -2.05. The van der Waals surface area contributed by atoms with Crippen molar-refractivity contribution in [2.75, 3.05) is 6.54 Å². The van der Waals surface area contributed by atoms with E-state index in [1.807, 2.05) is 0 Å². The van der Waals surface area contributed by atoms with Crippen molar-refractivity contribution >= 4 is 22.5 Å². The molecule has 1 fully saturated rings. The summed E-state index contributed by atoms with van der Waals surface area (Å²) in [6.45, 7) is 1.03. The first-order valence-corrected chi connectivity index (χ1v) is 8.55. The van der Waals surface area contributed by atoms with Crippen molar-refractivity contribution in [2.45, 2.75) is 29.9 Å². The van der Waals surface area contributed by atoms with Crippen LogP contribution >= 0.6 is 11.8 Å². The average molecular weight is 311 g/mol. The molecule has 3 aromatic rings. The average Bonchev–Trinajstić information content (AvgIpc) is 3.24. The largest absolute Gasteiger partial charge is 0.414 e. The van der Waals surface area contributed by atoms with Crippen molar-refractivity contribution in [3.63, 3.8) is 0 Å². The molecule has 1 saturated heterocycles. The minimum absolute atomic E-state index is 0.236. The van der Waals surface area contributed by atoms with Crippen LogP contribution in [0.1, 0.15) is 30.3 Å². The molecular formula is C17H17N3OS. The number of nitrogens with one attached hydrogen (secondary N) is 1. The molecule has 2 aromatic carbocycles. The van der Waals surface area contributed by atoms with Gasteiger partial charge in [-0.15, -0.1) is 10.2 Å². The highest BCUT2D eigenvalue weighted by Gasteiger charge is 2.22. The number of aromatic nitrogens is 2. The van der Waals surface area contributed by atoms with E-state index < -0.39 is 0 Å². The zero-order valence-corrected chi connectivity index (χ0v) is 13.0. The Balaban J connectivity index is 1.50. The maximum Gasteiger partial charge on any atom is 0.276 e. The number of thioether (sulfide) groups is 1. The lowest BCUT2D eigenvalue weighted by atomic mass is 10.1. The molecule has 0 bridgehead atoms. The van der Waals surface area contributed by atoms with Crippen molar-refractivity contribution in [2.24, 2.45) is 0 Å². The van der Waals surface area contributed by atoms with Crippen molar-refractivity contribution in [1.29, 1.82) is 0 Å². The molecule has 5 heteroatoms. The summed E-state index contributed by atoms with van der Waals surface area (Å²) in [5, 5.41) is 14.9. The van der Waals surface area contributed by atoms with Gasteiger partial charge in [-0.05, 0) is 35.7 Å². The smallest absolute Gasteiger partial charge is 0.276 e. The molecule has 0 amide bonds. The Bertz CT molecular complexity index is 775. The van der Waals surface area contributed by atoms with E-state index in [1.165, 1.54) is 22.8 Å². The molecule has 1 N–H and O–H groups in total. The van der Waals surface area contributed by atoms with Crippen molar-refractivity contribution in [3.05, 3.63) is 53.9 Å². The third-order valence-corrected chi connectivity index (χ3v) is 4.88. The van der Waals surface area contributed by atoms with Crippen LogP contribution in [0.25, 0.3) is 10.8 Å². The van der Waals surface area contributed by atoms with Gasteiger partial charge in [-0.2, -0.15) is 0 Å². The van der Waals surface area contributed by atoms with Gasteiger partial charge >= 0.3 is 0 Å². The second-order valence-electron chi connectivity index (χ2n) is 5.48. The van der Waals surface area contributed by atoms with E-state index in [9.17, 15) is 0 Å². The normalized spacial score (nSPS) is 18.1. The van der Waals surface area contributed by atoms with Gasteiger partial charge in [-0.3, -0.25) is 0 Å². The van der Waals surface area contributed by atoms with Gasteiger partial charge in [-0.25, -0.2) is 0 Å². The van der Waals surface area contributed by atoms with E-state index >= 15 is 0 Å². The highest BCUT2D eigenvalue weighted by molar-refractivity contribution is 7.98. The first kappa shape index (κ1) is 13.8.